The van der Waals surface area contributed by atoms with Crippen LogP contribution in [0.5, 0.6) is 0 Å². The molecule has 0 amide bonds. The Morgan fingerprint density at radius 3 is 0.671 bits per heavy atom. The molecule has 2 aliphatic heterocycles. The number of benzene rings is 8. The van der Waals surface area contributed by atoms with Crippen molar-refractivity contribution < 1.29 is 52.1 Å². The predicted octanol–water partition coefficient (Wildman–Crippen LogP) is 12.4. The van der Waals surface area contributed by atoms with E-state index < -0.39 is 61.4 Å². The van der Waals surface area contributed by atoms with Crippen molar-refractivity contribution in [2.24, 2.45) is 0 Å². The molecule has 2 saturated heterocycles. The van der Waals surface area contributed by atoms with Gasteiger partial charge in [-0.15, -0.1) is 0 Å². The van der Waals surface area contributed by atoms with E-state index in [1.54, 1.807) is 0 Å². The zero-order valence-electron chi connectivity index (χ0n) is 44.4. The van der Waals surface area contributed by atoms with Gasteiger partial charge in [0.15, 0.2) is 12.6 Å². The van der Waals surface area contributed by atoms with E-state index in [9.17, 15) is 0 Å². The largest absolute Gasteiger partial charge is 0.374 e. The predicted molar refractivity (Wildman–Crippen MR) is 301 cm³/mol. The second-order valence-corrected chi connectivity index (χ2v) is 19.8. The molecule has 2 aliphatic rings. The van der Waals surface area contributed by atoms with Crippen molar-refractivity contribution in [2.75, 3.05) is 13.2 Å². The fourth-order valence-corrected chi connectivity index (χ4v) is 9.85. The van der Waals surface area contributed by atoms with Gasteiger partial charge in [-0.3, -0.25) is 0 Å². The summed E-state index contributed by atoms with van der Waals surface area (Å²) in [6.45, 7) is 2.47. The summed E-state index contributed by atoms with van der Waals surface area (Å²) in [5.41, 5.74) is 7.91. The first kappa shape index (κ1) is 55.6. The molecule has 11 heteroatoms. The fraction of sp³-hybridized carbons (Fsp3) is 0.294. The molecule has 0 saturated carbocycles. The van der Waals surface area contributed by atoms with Gasteiger partial charge < -0.3 is 52.1 Å². The van der Waals surface area contributed by atoms with Crippen molar-refractivity contribution in [3.8, 4) is 0 Å². The van der Waals surface area contributed by atoms with Crippen LogP contribution in [0.1, 0.15) is 44.5 Å². The van der Waals surface area contributed by atoms with Crippen LogP contribution in [0, 0.1) is 0 Å². The number of rotatable bonds is 28. The lowest BCUT2D eigenvalue weighted by Gasteiger charge is -2.49. The number of hydrogen-bond donors (Lipinski definition) is 0. The molecule has 8 aromatic carbocycles. The zero-order chi connectivity index (χ0) is 53.5. The van der Waals surface area contributed by atoms with Gasteiger partial charge >= 0.3 is 0 Å². The lowest BCUT2D eigenvalue weighted by molar-refractivity contribution is -0.394. The van der Waals surface area contributed by atoms with Gasteiger partial charge in [-0.2, -0.15) is 0 Å². The molecule has 0 radical (unpaired) electrons. The summed E-state index contributed by atoms with van der Waals surface area (Å²) in [6, 6.07) is 80.6. The molecular formula is C68H70O11. The minimum absolute atomic E-state index is 0.137. The quantitative estimate of drug-likeness (QED) is 0.0469. The molecule has 0 aromatic heterocycles. The van der Waals surface area contributed by atoms with Crippen molar-refractivity contribution in [3.05, 3.63) is 287 Å². The number of ether oxygens (including phenoxy) is 11. The maximum atomic E-state index is 7.43. The Balaban J connectivity index is 1.04. The van der Waals surface area contributed by atoms with E-state index in [2.05, 4.69) is 0 Å². The smallest absolute Gasteiger partial charge is 0.190 e. The summed E-state index contributed by atoms with van der Waals surface area (Å²) in [6.07, 6.45) is -8.43. The Labute approximate surface area is 464 Å². The average Bonchev–Trinajstić information content (AvgIpc) is 3.56. The summed E-state index contributed by atoms with van der Waals surface area (Å²) < 4.78 is 77.6. The molecule has 0 bridgehead atoms. The van der Waals surface area contributed by atoms with Crippen LogP contribution in [-0.4, -0.2) is 74.6 Å². The highest BCUT2D eigenvalue weighted by Crippen LogP contribution is 2.37. The standard InChI is InChI=1S/C68H70O11/c1-9-25-51(26-10-1)41-69-49-59-61(71-43-53-29-13-3-14-30-53)63(73-45-55-33-17-5-18-34-55)65(75-47-57-37-21-7-22-38-57)67(77-59)79-68-66(76-48-58-39-23-8-24-40-58)64(74-46-56-35-19-6-20-36-56)62(72-44-54-31-15-4-16-32-54)60(78-68)50-70-42-52-27-11-2-12-28-52/h1-40,59-68H,41-50H2/t59-,60-,61-,62-,63+,64+,65-,66-,67-,68-/m0/s1. The van der Waals surface area contributed by atoms with Gasteiger partial charge in [-0.05, 0) is 44.5 Å². The van der Waals surface area contributed by atoms with E-state index in [4.69, 9.17) is 52.1 Å². The van der Waals surface area contributed by atoms with Crippen LogP contribution in [-0.2, 0) is 105 Å². The molecule has 2 heterocycles. The minimum Gasteiger partial charge on any atom is -0.374 e. The van der Waals surface area contributed by atoms with Crippen molar-refractivity contribution in [2.45, 2.75) is 114 Å². The summed E-state index contributed by atoms with van der Waals surface area (Å²) in [7, 11) is 0. The Kier molecular flexibility index (Phi) is 21.2. The van der Waals surface area contributed by atoms with Gasteiger partial charge in [-0.1, -0.05) is 243 Å². The van der Waals surface area contributed by atoms with Crippen LogP contribution < -0.4 is 0 Å². The highest BCUT2D eigenvalue weighted by atomic mass is 16.8. The molecule has 0 spiro atoms. The van der Waals surface area contributed by atoms with Crippen molar-refractivity contribution in [1.29, 1.82) is 0 Å². The Morgan fingerprint density at radius 2 is 0.430 bits per heavy atom. The van der Waals surface area contributed by atoms with Gasteiger partial charge in [0.2, 0.25) is 0 Å². The van der Waals surface area contributed by atoms with Gasteiger partial charge in [-0.25, -0.2) is 0 Å². The fourth-order valence-electron chi connectivity index (χ4n) is 9.85. The van der Waals surface area contributed by atoms with E-state index in [1.807, 2.05) is 243 Å². The van der Waals surface area contributed by atoms with Crippen molar-refractivity contribution >= 4 is 0 Å². The van der Waals surface area contributed by atoms with E-state index in [0.29, 0.717) is 13.2 Å². The van der Waals surface area contributed by atoms with E-state index in [-0.39, 0.29) is 52.9 Å². The van der Waals surface area contributed by atoms with Gasteiger partial charge in [0.05, 0.1) is 66.1 Å². The molecule has 408 valence electrons. The topological polar surface area (TPSA) is 102 Å². The lowest BCUT2D eigenvalue weighted by Crippen LogP contribution is -2.66. The Morgan fingerprint density at radius 1 is 0.228 bits per heavy atom. The molecule has 11 nitrogen and oxygen atoms in total. The normalized spacial score (nSPS) is 23.0. The number of hydrogen-bond acceptors (Lipinski definition) is 11. The van der Waals surface area contributed by atoms with Crippen LogP contribution in [0.25, 0.3) is 0 Å². The molecule has 10 atom stereocenters. The first-order valence-corrected chi connectivity index (χ1v) is 27.3. The Hall–Kier alpha value is -6.68. The van der Waals surface area contributed by atoms with Gasteiger partial charge in [0.1, 0.15) is 48.8 Å². The monoisotopic (exact) mass is 1060 g/mol. The van der Waals surface area contributed by atoms with Crippen LogP contribution in [0.4, 0.5) is 0 Å². The second kappa shape index (κ2) is 30.1. The molecule has 0 aliphatic carbocycles. The molecule has 2 fully saturated rings. The molecule has 0 N–H and O–H groups in total. The highest BCUT2D eigenvalue weighted by Gasteiger charge is 2.54. The minimum atomic E-state index is -1.14. The molecule has 79 heavy (non-hydrogen) atoms. The summed E-state index contributed by atoms with van der Waals surface area (Å²) in [4.78, 5) is 0. The SMILES string of the molecule is c1ccc(COC[C@@H]2O[C@@H](O[C@@H]3O[C@@H](COCc4ccccc4)[C@H](OCc4ccccc4)[C@@H](OCc4ccccc4)[C@@H]3OCc3ccccc3)[C@@H](OCc3ccccc3)[C@H](OCc3ccccc3)[C@H]2OCc2ccccc2)cc1. The molecule has 10 rings (SSSR count). The van der Waals surface area contributed by atoms with Crippen molar-refractivity contribution in [1.82, 2.24) is 0 Å². The first-order chi connectivity index (χ1) is 39.2. The average molecular weight is 1060 g/mol. The lowest BCUT2D eigenvalue weighted by atomic mass is 9.96. The van der Waals surface area contributed by atoms with Gasteiger partial charge in [0.25, 0.3) is 0 Å². The van der Waals surface area contributed by atoms with E-state index in [1.165, 1.54) is 0 Å². The van der Waals surface area contributed by atoms with E-state index >= 15 is 0 Å². The molecular weight excluding hydrogens is 993 g/mol. The molecule has 8 aromatic rings. The van der Waals surface area contributed by atoms with Crippen LogP contribution in [0.3, 0.4) is 0 Å². The Bertz CT molecular complexity index is 2690. The maximum absolute atomic E-state index is 7.43. The van der Waals surface area contributed by atoms with Crippen molar-refractivity contribution in [3.63, 3.8) is 0 Å². The van der Waals surface area contributed by atoms with Crippen LogP contribution >= 0.6 is 0 Å². The second-order valence-electron chi connectivity index (χ2n) is 19.8. The van der Waals surface area contributed by atoms with E-state index in [0.717, 1.165) is 44.5 Å². The maximum Gasteiger partial charge on any atom is 0.190 e. The summed E-state index contributed by atoms with van der Waals surface area (Å²) in [5, 5.41) is 0. The third-order valence-electron chi connectivity index (χ3n) is 13.9. The van der Waals surface area contributed by atoms with Crippen LogP contribution in [0.2, 0.25) is 0 Å². The third kappa shape index (κ3) is 16.7. The summed E-state index contributed by atoms with van der Waals surface area (Å²) in [5.74, 6) is 0. The zero-order valence-corrected chi connectivity index (χ0v) is 44.4. The molecule has 0 unspecified atom stereocenters. The summed E-state index contributed by atoms with van der Waals surface area (Å²) >= 11 is 0. The highest BCUT2D eigenvalue weighted by molar-refractivity contribution is 5.20. The van der Waals surface area contributed by atoms with Gasteiger partial charge in [0, 0.05) is 0 Å². The first-order valence-electron chi connectivity index (χ1n) is 27.3. The van der Waals surface area contributed by atoms with Crippen LogP contribution in [0.15, 0.2) is 243 Å². The third-order valence-corrected chi connectivity index (χ3v) is 13.9.